The van der Waals surface area contributed by atoms with Gasteiger partial charge in [-0.05, 0) is 25.5 Å². The van der Waals surface area contributed by atoms with Crippen molar-refractivity contribution in [3.05, 3.63) is 29.6 Å². The number of carbonyl (C=O) groups excluding carboxylic acids is 1. The molecule has 0 saturated heterocycles. The summed E-state index contributed by atoms with van der Waals surface area (Å²) in [5, 5.41) is 0. The van der Waals surface area contributed by atoms with E-state index in [1.54, 1.807) is 19.3 Å². The first kappa shape index (κ1) is 10.3. The minimum absolute atomic E-state index is 0.347. The van der Waals surface area contributed by atoms with Crippen LogP contribution in [0.25, 0.3) is 0 Å². The van der Waals surface area contributed by atoms with E-state index in [4.69, 9.17) is 0 Å². The van der Waals surface area contributed by atoms with Crippen LogP contribution in [0.4, 0.5) is 0 Å². The number of ether oxygens (including phenoxy) is 1. The molecule has 1 heterocycles. The Hall–Kier alpha value is -1.82. The van der Waals surface area contributed by atoms with Crippen LogP contribution >= 0.6 is 0 Å². The first-order valence-corrected chi connectivity index (χ1v) is 4.33. The Kier molecular flexibility index (Phi) is 3.69. The van der Waals surface area contributed by atoms with E-state index in [1.807, 2.05) is 13.0 Å². The van der Waals surface area contributed by atoms with E-state index in [2.05, 4.69) is 21.6 Å². The highest BCUT2D eigenvalue weighted by atomic mass is 16.5. The lowest BCUT2D eigenvalue weighted by Crippen LogP contribution is -1.99. The van der Waals surface area contributed by atoms with Crippen molar-refractivity contribution in [2.24, 2.45) is 0 Å². The molecular formula is C11H11NO2. The van der Waals surface area contributed by atoms with Crippen molar-refractivity contribution in [3.63, 3.8) is 0 Å². The summed E-state index contributed by atoms with van der Waals surface area (Å²) >= 11 is 0. The fourth-order valence-electron chi connectivity index (χ4n) is 0.914. The Labute approximate surface area is 83.1 Å². The summed E-state index contributed by atoms with van der Waals surface area (Å²) in [5.74, 6) is 4.55. The average Bonchev–Trinajstić information content (AvgIpc) is 2.15. The molecule has 0 aliphatic rings. The number of rotatable bonds is 1. The van der Waals surface area contributed by atoms with E-state index in [0.29, 0.717) is 6.61 Å². The molecule has 0 fully saturated rings. The average molecular weight is 189 g/mol. The SMILES string of the molecule is CCOC(=O)C#Cc1cncc(C)c1. The van der Waals surface area contributed by atoms with Crippen LogP contribution in [0.5, 0.6) is 0 Å². The van der Waals surface area contributed by atoms with Gasteiger partial charge in [0.25, 0.3) is 0 Å². The molecule has 0 aliphatic carbocycles. The summed E-state index contributed by atoms with van der Waals surface area (Å²) in [5.41, 5.74) is 1.73. The molecule has 0 atom stereocenters. The molecular weight excluding hydrogens is 178 g/mol. The number of pyridine rings is 1. The van der Waals surface area contributed by atoms with Crippen molar-refractivity contribution in [2.75, 3.05) is 6.61 Å². The first-order chi connectivity index (χ1) is 6.72. The number of carbonyl (C=O) groups is 1. The molecule has 3 nitrogen and oxygen atoms in total. The maximum absolute atomic E-state index is 10.9. The highest BCUT2D eigenvalue weighted by Gasteiger charge is 1.93. The van der Waals surface area contributed by atoms with Gasteiger partial charge in [-0.3, -0.25) is 4.98 Å². The predicted molar refractivity (Wildman–Crippen MR) is 52.5 cm³/mol. The van der Waals surface area contributed by atoms with Crippen LogP contribution in [-0.4, -0.2) is 17.6 Å². The summed E-state index contributed by atoms with van der Waals surface area (Å²) in [6.45, 7) is 4.01. The Morgan fingerprint density at radius 3 is 3.00 bits per heavy atom. The molecule has 0 N–H and O–H groups in total. The van der Waals surface area contributed by atoms with E-state index in [1.165, 1.54) is 0 Å². The molecule has 0 bridgehead atoms. The van der Waals surface area contributed by atoms with Gasteiger partial charge in [0.2, 0.25) is 0 Å². The van der Waals surface area contributed by atoms with Gasteiger partial charge in [0.1, 0.15) is 0 Å². The Balaban J connectivity index is 2.72. The van der Waals surface area contributed by atoms with Crippen LogP contribution < -0.4 is 0 Å². The zero-order valence-electron chi connectivity index (χ0n) is 8.20. The second-order valence-electron chi connectivity index (χ2n) is 2.72. The normalized spacial score (nSPS) is 8.71. The fraction of sp³-hybridized carbons (Fsp3) is 0.273. The van der Waals surface area contributed by atoms with Gasteiger partial charge in [0, 0.05) is 23.9 Å². The molecule has 1 aromatic heterocycles. The lowest BCUT2D eigenvalue weighted by atomic mass is 10.2. The zero-order valence-corrected chi connectivity index (χ0v) is 8.20. The van der Waals surface area contributed by atoms with Gasteiger partial charge in [-0.1, -0.05) is 5.92 Å². The maximum atomic E-state index is 10.9. The van der Waals surface area contributed by atoms with Gasteiger partial charge < -0.3 is 4.74 Å². The molecule has 0 aliphatic heterocycles. The van der Waals surface area contributed by atoms with Crippen LogP contribution in [0.3, 0.4) is 0 Å². The third-order valence-electron chi connectivity index (χ3n) is 1.46. The third kappa shape index (κ3) is 3.28. The zero-order chi connectivity index (χ0) is 10.4. The molecule has 0 amide bonds. The van der Waals surface area contributed by atoms with E-state index >= 15 is 0 Å². The number of aromatic nitrogens is 1. The topological polar surface area (TPSA) is 39.2 Å². The van der Waals surface area contributed by atoms with Crippen LogP contribution in [0, 0.1) is 18.8 Å². The van der Waals surface area contributed by atoms with Crippen LogP contribution in [0.15, 0.2) is 18.5 Å². The predicted octanol–water partition coefficient (Wildman–Crippen LogP) is 1.30. The monoisotopic (exact) mass is 189 g/mol. The number of nitrogens with zero attached hydrogens (tertiary/aromatic N) is 1. The largest absolute Gasteiger partial charge is 0.456 e. The minimum Gasteiger partial charge on any atom is -0.456 e. The van der Waals surface area contributed by atoms with Gasteiger partial charge in [0.05, 0.1) is 6.61 Å². The second kappa shape index (κ2) is 5.03. The summed E-state index contributed by atoms with van der Waals surface area (Å²) < 4.78 is 4.66. The molecule has 1 aromatic rings. The van der Waals surface area contributed by atoms with Crippen molar-refractivity contribution in [3.8, 4) is 11.8 Å². The molecule has 0 spiro atoms. The van der Waals surface area contributed by atoms with Crippen molar-refractivity contribution in [1.29, 1.82) is 0 Å². The quantitative estimate of drug-likeness (QED) is 0.494. The van der Waals surface area contributed by atoms with E-state index < -0.39 is 5.97 Å². The van der Waals surface area contributed by atoms with Gasteiger partial charge in [0.15, 0.2) is 0 Å². The van der Waals surface area contributed by atoms with Crippen molar-refractivity contribution in [2.45, 2.75) is 13.8 Å². The van der Waals surface area contributed by atoms with Crippen LogP contribution in [0.1, 0.15) is 18.1 Å². The Morgan fingerprint density at radius 2 is 2.36 bits per heavy atom. The first-order valence-electron chi connectivity index (χ1n) is 4.33. The third-order valence-corrected chi connectivity index (χ3v) is 1.46. The summed E-state index contributed by atoms with van der Waals surface area (Å²) in [6, 6.07) is 1.86. The van der Waals surface area contributed by atoms with Crippen molar-refractivity contribution in [1.82, 2.24) is 4.98 Å². The second-order valence-corrected chi connectivity index (χ2v) is 2.72. The van der Waals surface area contributed by atoms with Gasteiger partial charge >= 0.3 is 5.97 Å². The highest BCUT2D eigenvalue weighted by Crippen LogP contribution is 1.98. The molecule has 0 unspecified atom stereocenters. The number of aryl methyl sites for hydroxylation is 1. The van der Waals surface area contributed by atoms with E-state index in [0.717, 1.165) is 11.1 Å². The Morgan fingerprint density at radius 1 is 1.57 bits per heavy atom. The smallest absolute Gasteiger partial charge is 0.384 e. The molecule has 14 heavy (non-hydrogen) atoms. The molecule has 0 aromatic carbocycles. The number of hydrogen-bond acceptors (Lipinski definition) is 3. The van der Waals surface area contributed by atoms with Crippen LogP contribution in [0.2, 0.25) is 0 Å². The number of esters is 1. The highest BCUT2D eigenvalue weighted by molar-refractivity contribution is 5.89. The van der Waals surface area contributed by atoms with Crippen molar-refractivity contribution >= 4 is 5.97 Å². The fourth-order valence-corrected chi connectivity index (χ4v) is 0.914. The van der Waals surface area contributed by atoms with E-state index in [-0.39, 0.29) is 0 Å². The van der Waals surface area contributed by atoms with Gasteiger partial charge in [-0.25, -0.2) is 4.79 Å². The van der Waals surface area contributed by atoms with Crippen molar-refractivity contribution < 1.29 is 9.53 Å². The standard InChI is InChI=1S/C11H11NO2/c1-3-14-11(13)5-4-10-6-9(2)7-12-8-10/h6-8H,3H2,1-2H3. The van der Waals surface area contributed by atoms with E-state index in [9.17, 15) is 4.79 Å². The summed E-state index contributed by atoms with van der Waals surface area (Å²) in [6.07, 6.45) is 3.34. The maximum Gasteiger partial charge on any atom is 0.384 e. The Bertz CT molecular complexity index is 388. The molecule has 0 saturated carbocycles. The number of hydrogen-bond donors (Lipinski definition) is 0. The molecule has 1 rings (SSSR count). The summed E-state index contributed by atoms with van der Waals surface area (Å²) in [7, 11) is 0. The van der Waals surface area contributed by atoms with Gasteiger partial charge in [-0.2, -0.15) is 0 Å². The molecule has 3 heteroatoms. The van der Waals surface area contributed by atoms with Crippen LogP contribution in [-0.2, 0) is 9.53 Å². The molecule has 0 radical (unpaired) electrons. The summed E-state index contributed by atoms with van der Waals surface area (Å²) in [4.78, 5) is 14.8. The van der Waals surface area contributed by atoms with Gasteiger partial charge in [-0.15, -0.1) is 0 Å². The minimum atomic E-state index is -0.506. The lowest BCUT2D eigenvalue weighted by molar-refractivity contribution is -0.136. The lowest BCUT2D eigenvalue weighted by Gasteiger charge is -1.92. The molecule has 72 valence electrons.